The molecule has 3 heterocycles. The summed E-state index contributed by atoms with van der Waals surface area (Å²) in [5.74, 6) is -0.272. The van der Waals surface area contributed by atoms with E-state index in [1.807, 2.05) is 11.6 Å². The summed E-state index contributed by atoms with van der Waals surface area (Å²) in [6, 6.07) is 4.54. The van der Waals surface area contributed by atoms with Gasteiger partial charge in [-0.2, -0.15) is 0 Å². The molecule has 3 aromatic heterocycles. The number of anilines is 1. The minimum Gasteiger partial charge on any atom is -0.444 e. The largest absolute Gasteiger partial charge is 0.444 e. The van der Waals surface area contributed by atoms with Crippen LogP contribution in [0.2, 0.25) is 5.02 Å². The number of allylic oxidation sites excluding steroid dienone is 1. The zero-order valence-corrected chi connectivity index (χ0v) is 22.8. The van der Waals surface area contributed by atoms with Gasteiger partial charge in [-0.25, -0.2) is 27.9 Å². The average molecular weight is 549 g/mol. The minimum absolute atomic E-state index is 0.0860. The van der Waals surface area contributed by atoms with Crippen molar-refractivity contribution in [2.75, 3.05) is 5.32 Å². The molecule has 0 bridgehead atoms. The van der Waals surface area contributed by atoms with Gasteiger partial charge in [0, 0.05) is 5.41 Å². The minimum atomic E-state index is -3.95. The van der Waals surface area contributed by atoms with Crippen molar-refractivity contribution in [3.63, 3.8) is 0 Å². The van der Waals surface area contributed by atoms with Crippen LogP contribution >= 0.6 is 11.6 Å². The molecule has 0 saturated carbocycles. The van der Waals surface area contributed by atoms with Crippen molar-refractivity contribution in [1.29, 1.82) is 0 Å². The molecule has 0 unspecified atom stereocenters. The Balaban J connectivity index is 1.83. The van der Waals surface area contributed by atoms with Crippen molar-refractivity contribution in [2.24, 2.45) is 0 Å². The van der Waals surface area contributed by atoms with E-state index in [4.69, 9.17) is 16.3 Å². The molecule has 0 radical (unpaired) electrons. The van der Waals surface area contributed by atoms with Crippen molar-refractivity contribution in [3.8, 4) is 0 Å². The van der Waals surface area contributed by atoms with Gasteiger partial charge >= 0.3 is 6.09 Å². The van der Waals surface area contributed by atoms with Crippen LogP contribution in [0.5, 0.6) is 0 Å². The number of nitrogens with one attached hydrogen (secondary N) is 2. The smallest absolute Gasteiger partial charge is 0.412 e. The average Bonchev–Trinajstić information content (AvgIpc) is 3.08. The fourth-order valence-electron chi connectivity index (χ4n) is 3.23. The van der Waals surface area contributed by atoms with Gasteiger partial charge in [0.05, 0.1) is 29.1 Å². The maximum absolute atomic E-state index is 12.6. The molecule has 0 fully saturated rings. The lowest BCUT2D eigenvalue weighted by atomic mass is 10.2. The van der Waals surface area contributed by atoms with Crippen LogP contribution in [0.3, 0.4) is 0 Å². The van der Waals surface area contributed by atoms with Gasteiger partial charge in [-0.1, -0.05) is 31.0 Å². The molecule has 0 aliphatic carbocycles. The van der Waals surface area contributed by atoms with Crippen molar-refractivity contribution in [1.82, 2.24) is 24.2 Å². The van der Waals surface area contributed by atoms with Crippen LogP contribution < -0.4 is 10.0 Å². The van der Waals surface area contributed by atoms with Gasteiger partial charge in [0.25, 0.3) is 15.9 Å². The maximum Gasteiger partial charge on any atom is 0.412 e. The highest BCUT2D eigenvalue weighted by Gasteiger charge is 2.19. The Kier molecular flexibility index (Phi) is 8.54. The Morgan fingerprint density at radius 3 is 2.59 bits per heavy atom. The first-order chi connectivity index (χ1) is 17.3. The first-order valence-corrected chi connectivity index (χ1v) is 13.4. The number of pyridine rings is 2. The summed E-state index contributed by atoms with van der Waals surface area (Å²) in [6.07, 6.45) is 3.65. The van der Waals surface area contributed by atoms with E-state index in [1.165, 1.54) is 18.3 Å². The highest BCUT2D eigenvalue weighted by Crippen LogP contribution is 2.23. The van der Waals surface area contributed by atoms with Crippen LogP contribution in [0.4, 0.5) is 10.5 Å². The van der Waals surface area contributed by atoms with Crippen LogP contribution in [0.1, 0.15) is 62.5 Å². The monoisotopic (exact) mass is 548 g/mol. The molecule has 198 valence electrons. The second kappa shape index (κ2) is 11.3. The number of aromatic nitrogens is 4. The SMILES string of the molecule is CCC/C=C/S(=O)(=O)NC(=O)c1ccc2nc(C)n(Cc3ncc(NC(=O)OC(C)(C)C)cc3Cl)c2n1. The van der Waals surface area contributed by atoms with Gasteiger partial charge in [0.15, 0.2) is 5.65 Å². The van der Waals surface area contributed by atoms with Crippen molar-refractivity contribution in [3.05, 3.63) is 58.1 Å². The van der Waals surface area contributed by atoms with E-state index in [1.54, 1.807) is 44.4 Å². The summed E-state index contributed by atoms with van der Waals surface area (Å²) in [7, 11) is -3.95. The summed E-state index contributed by atoms with van der Waals surface area (Å²) in [5, 5.41) is 3.84. The molecule has 0 saturated heterocycles. The molecule has 2 N–H and O–H groups in total. The number of aryl methyl sites for hydroxylation is 1. The third-order valence-corrected chi connectivity index (χ3v) is 6.20. The molecule has 3 aromatic rings. The Morgan fingerprint density at radius 2 is 1.95 bits per heavy atom. The number of carbonyl (C=O) groups excluding carboxylic acids is 2. The number of halogens is 1. The zero-order valence-electron chi connectivity index (χ0n) is 21.2. The Labute approximate surface area is 220 Å². The molecule has 3 rings (SSSR count). The summed E-state index contributed by atoms with van der Waals surface area (Å²) in [4.78, 5) is 37.7. The van der Waals surface area contributed by atoms with E-state index in [0.717, 1.165) is 11.8 Å². The number of ether oxygens (including phenoxy) is 1. The summed E-state index contributed by atoms with van der Waals surface area (Å²) < 4.78 is 33.2. The number of rotatable bonds is 8. The molecule has 13 heteroatoms. The predicted molar refractivity (Wildman–Crippen MR) is 141 cm³/mol. The first kappa shape index (κ1) is 28.1. The van der Waals surface area contributed by atoms with E-state index >= 15 is 0 Å². The molecular formula is C24H29ClN6O5S. The first-order valence-electron chi connectivity index (χ1n) is 11.5. The van der Waals surface area contributed by atoms with Crippen molar-refractivity contribution < 1.29 is 22.7 Å². The summed E-state index contributed by atoms with van der Waals surface area (Å²) in [6.45, 7) is 9.11. The van der Waals surface area contributed by atoms with Crippen LogP contribution in [0, 0.1) is 6.92 Å². The number of fused-ring (bicyclic) bond motifs is 1. The van der Waals surface area contributed by atoms with Gasteiger partial charge in [-0.05, 0) is 52.3 Å². The van der Waals surface area contributed by atoms with E-state index in [-0.39, 0.29) is 17.3 Å². The fraction of sp³-hybridized carbons (Fsp3) is 0.375. The number of imidazole rings is 1. The fourth-order valence-corrected chi connectivity index (χ4v) is 4.28. The van der Waals surface area contributed by atoms with Gasteiger partial charge in [0.1, 0.15) is 22.6 Å². The molecule has 0 atom stereocenters. The topological polar surface area (TPSA) is 145 Å². The number of hydrogen-bond donors (Lipinski definition) is 2. The molecule has 0 aliphatic rings. The zero-order chi connectivity index (χ0) is 27.4. The van der Waals surface area contributed by atoms with Crippen LogP contribution in [-0.4, -0.2) is 45.5 Å². The normalized spacial score (nSPS) is 12.2. The number of hydrogen-bond acceptors (Lipinski definition) is 8. The van der Waals surface area contributed by atoms with E-state index in [0.29, 0.717) is 34.8 Å². The Bertz CT molecular complexity index is 1460. The lowest BCUT2D eigenvalue weighted by Crippen LogP contribution is -2.29. The molecule has 0 aliphatic heterocycles. The van der Waals surface area contributed by atoms with Crippen molar-refractivity contribution in [2.45, 2.75) is 59.6 Å². The number of unbranched alkanes of at least 4 members (excludes halogenated alkanes) is 1. The maximum atomic E-state index is 12.6. The lowest BCUT2D eigenvalue weighted by Gasteiger charge is -2.19. The van der Waals surface area contributed by atoms with Crippen molar-refractivity contribution >= 4 is 50.5 Å². The molecule has 11 nitrogen and oxygen atoms in total. The Morgan fingerprint density at radius 1 is 1.22 bits per heavy atom. The van der Waals surface area contributed by atoms with Crippen LogP contribution in [-0.2, 0) is 21.3 Å². The third kappa shape index (κ3) is 7.73. The quantitative estimate of drug-likeness (QED) is 0.416. The molecule has 0 aromatic carbocycles. The number of amides is 2. The van der Waals surface area contributed by atoms with Gasteiger partial charge in [0.2, 0.25) is 0 Å². The summed E-state index contributed by atoms with van der Waals surface area (Å²) >= 11 is 6.43. The number of carbonyl (C=O) groups is 2. The Hall–Kier alpha value is -3.51. The van der Waals surface area contributed by atoms with Gasteiger partial charge in [-0.15, -0.1) is 0 Å². The highest BCUT2D eigenvalue weighted by atomic mass is 35.5. The lowest BCUT2D eigenvalue weighted by molar-refractivity contribution is 0.0635. The van der Waals surface area contributed by atoms with E-state index < -0.39 is 27.6 Å². The van der Waals surface area contributed by atoms with Crippen LogP contribution in [0.15, 0.2) is 35.9 Å². The number of sulfonamides is 1. The standard InChI is InChI=1S/C24H29ClN6O5S/c1-6-7-8-11-37(34,35)30-22(32)19-10-9-18-21(29-19)31(15(2)27-18)14-20-17(25)12-16(13-26-20)28-23(33)36-24(3,4)5/h8-13H,6-7,14H2,1-5H3,(H,28,33)(H,30,32)/b11-8+. The highest BCUT2D eigenvalue weighted by molar-refractivity contribution is 7.92. The number of nitrogens with zero attached hydrogens (tertiary/aromatic N) is 4. The second-order valence-corrected chi connectivity index (χ2v) is 11.2. The molecule has 2 amide bonds. The predicted octanol–water partition coefficient (Wildman–Crippen LogP) is 4.56. The van der Waals surface area contributed by atoms with E-state index in [9.17, 15) is 18.0 Å². The second-order valence-electron chi connectivity index (χ2n) is 9.20. The van der Waals surface area contributed by atoms with Crippen LogP contribution in [0.25, 0.3) is 11.2 Å². The molecule has 0 spiro atoms. The third-order valence-electron chi connectivity index (χ3n) is 4.85. The summed E-state index contributed by atoms with van der Waals surface area (Å²) in [5.41, 5.74) is 0.967. The van der Waals surface area contributed by atoms with Gasteiger partial charge < -0.3 is 9.30 Å². The van der Waals surface area contributed by atoms with E-state index in [2.05, 4.69) is 20.3 Å². The van der Waals surface area contributed by atoms with Gasteiger partial charge in [-0.3, -0.25) is 15.1 Å². The molecular weight excluding hydrogens is 520 g/mol. The molecule has 37 heavy (non-hydrogen) atoms.